The van der Waals surface area contributed by atoms with Gasteiger partial charge in [0, 0.05) is 12.1 Å². The van der Waals surface area contributed by atoms with Crippen molar-refractivity contribution < 1.29 is 4.79 Å². The summed E-state index contributed by atoms with van der Waals surface area (Å²) >= 11 is 0. The van der Waals surface area contributed by atoms with Crippen molar-refractivity contribution in [2.24, 2.45) is 5.73 Å². The minimum absolute atomic E-state index is 0.158. The van der Waals surface area contributed by atoms with Crippen molar-refractivity contribution in [2.45, 2.75) is 58.5 Å². The van der Waals surface area contributed by atoms with Crippen LogP contribution in [0.3, 0.4) is 0 Å². The number of likely N-dealkylation sites (N-methyl/N-ethyl adjacent to an activating group) is 1. The van der Waals surface area contributed by atoms with Gasteiger partial charge in [0.25, 0.3) is 0 Å². The summed E-state index contributed by atoms with van der Waals surface area (Å²) in [5.41, 5.74) is 5.02. The average Bonchev–Trinajstić information content (AvgIpc) is 2.26. The van der Waals surface area contributed by atoms with Gasteiger partial charge in [-0.05, 0) is 47.2 Å². The average molecular weight is 243 g/mol. The van der Waals surface area contributed by atoms with Crippen molar-refractivity contribution >= 4 is 5.91 Å². The van der Waals surface area contributed by atoms with Gasteiger partial charge in [0.15, 0.2) is 0 Å². The van der Waals surface area contributed by atoms with Crippen LogP contribution in [0.1, 0.15) is 47.5 Å². The molecular weight excluding hydrogens is 214 g/mol. The van der Waals surface area contributed by atoms with Crippen LogP contribution in [-0.2, 0) is 4.79 Å². The molecule has 102 valence electrons. The van der Waals surface area contributed by atoms with E-state index in [4.69, 9.17) is 5.73 Å². The van der Waals surface area contributed by atoms with Crippen LogP contribution in [0.2, 0.25) is 0 Å². The molecule has 4 nitrogen and oxygen atoms in total. The van der Waals surface area contributed by atoms with Crippen molar-refractivity contribution in [3.05, 3.63) is 0 Å². The number of amides is 1. The molecule has 0 aliphatic carbocycles. The number of hydrogen-bond donors (Lipinski definition) is 2. The Morgan fingerprint density at radius 2 is 1.82 bits per heavy atom. The van der Waals surface area contributed by atoms with E-state index in [-0.39, 0.29) is 11.4 Å². The van der Waals surface area contributed by atoms with Gasteiger partial charge in [0.05, 0.1) is 5.54 Å². The molecule has 3 N–H and O–H groups in total. The molecule has 0 heterocycles. The Hall–Kier alpha value is -0.610. The molecule has 0 aliphatic rings. The van der Waals surface area contributed by atoms with Crippen LogP contribution >= 0.6 is 0 Å². The molecule has 1 atom stereocenters. The summed E-state index contributed by atoms with van der Waals surface area (Å²) in [4.78, 5) is 13.8. The SMILES string of the molecule is CCNC(C)(CCN(C)C(C)(C)CC)C(N)=O. The smallest absolute Gasteiger partial charge is 0.237 e. The molecule has 0 spiro atoms. The van der Waals surface area contributed by atoms with Crippen LogP contribution in [-0.4, -0.2) is 42.0 Å². The molecule has 0 fully saturated rings. The van der Waals surface area contributed by atoms with Crippen LogP contribution in [0.5, 0.6) is 0 Å². The van der Waals surface area contributed by atoms with Gasteiger partial charge in [0.1, 0.15) is 0 Å². The molecule has 0 aliphatic heterocycles. The summed E-state index contributed by atoms with van der Waals surface area (Å²) in [6, 6.07) is 0. The summed E-state index contributed by atoms with van der Waals surface area (Å²) in [5.74, 6) is -0.276. The minimum atomic E-state index is -0.604. The summed E-state index contributed by atoms with van der Waals surface area (Å²) in [5, 5.41) is 3.18. The highest BCUT2D eigenvalue weighted by atomic mass is 16.1. The first-order valence-electron chi connectivity index (χ1n) is 6.45. The molecule has 0 aromatic carbocycles. The topological polar surface area (TPSA) is 58.4 Å². The number of rotatable bonds is 8. The fourth-order valence-electron chi connectivity index (χ4n) is 1.65. The predicted molar refractivity (Wildman–Crippen MR) is 72.9 cm³/mol. The molecule has 0 rings (SSSR count). The van der Waals surface area contributed by atoms with Gasteiger partial charge in [-0.15, -0.1) is 0 Å². The Bertz CT molecular complexity index is 253. The second-order valence-electron chi connectivity index (χ2n) is 5.56. The first-order chi connectivity index (χ1) is 7.69. The molecule has 17 heavy (non-hydrogen) atoms. The maximum Gasteiger partial charge on any atom is 0.237 e. The highest BCUT2D eigenvalue weighted by Gasteiger charge is 2.31. The van der Waals surface area contributed by atoms with Gasteiger partial charge in [0.2, 0.25) is 5.91 Å². The number of nitrogens with one attached hydrogen (secondary N) is 1. The maximum absolute atomic E-state index is 11.5. The Labute approximate surface area is 106 Å². The standard InChI is InChI=1S/C13H29N3O/c1-7-12(3,4)16(6)10-9-13(5,11(14)17)15-8-2/h15H,7-10H2,1-6H3,(H2,14,17). The van der Waals surface area contributed by atoms with E-state index < -0.39 is 5.54 Å². The highest BCUT2D eigenvalue weighted by molar-refractivity contribution is 5.84. The molecular formula is C13H29N3O. The van der Waals surface area contributed by atoms with Crippen LogP contribution in [0.15, 0.2) is 0 Å². The summed E-state index contributed by atoms with van der Waals surface area (Å²) in [6.07, 6.45) is 1.81. The Balaban J connectivity index is 4.47. The number of primary amides is 1. The van der Waals surface area contributed by atoms with E-state index in [0.29, 0.717) is 0 Å². The van der Waals surface area contributed by atoms with Crippen LogP contribution in [0.4, 0.5) is 0 Å². The number of carbonyl (C=O) groups is 1. The van der Waals surface area contributed by atoms with E-state index in [0.717, 1.165) is 25.9 Å². The molecule has 0 aromatic rings. The fraction of sp³-hybridized carbons (Fsp3) is 0.923. The molecule has 0 saturated heterocycles. The van der Waals surface area contributed by atoms with Gasteiger partial charge < -0.3 is 16.0 Å². The quantitative estimate of drug-likeness (QED) is 0.676. The monoisotopic (exact) mass is 243 g/mol. The lowest BCUT2D eigenvalue weighted by Gasteiger charge is -2.37. The van der Waals surface area contributed by atoms with E-state index in [1.807, 2.05) is 13.8 Å². The highest BCUT2D eigenvalue weighted by Crippen LogP contribution is 2.19. The number of carbonyl (C=O) groups excluding carboxylic acids is 1. The summed E-state index contributed by atoms with van der Waals surface area (Å²) < 4.78 is 0. The number of nitrogens with zero attached hydrogens (tertiary/aromatic N) is 1. The lowest BCUT2D eigenvalue weighted by atomic mass is 9.94. The van der Waals surface area contributed by atoms with Gasteiger partial charge in [-0.2, -0.15) is 0 Å². The second kappa shape index (κ2) is 6.36. The summed E-state index contributed by atoms with van der Waals surface area (Å²) in [7, 11) is 2.09. The first-order valence-corrected chi connectivity index (χ1v) is 6.45. The largest absolute Gasteiger partial charge is 0.368 e. The minimum Gasteiger partial charge on any atom is -0.368 e. The zero-order valence-corrected chi connectivity index (χ0v) is 12.3. The normalized spacial score (nSPS) is 15.9. The molecule has 1 unspecified atom stereocenters. The zero-order chi connectivity index (χ0) is 13.7. The third-order valence-corrected chi connectivity index (χ3v) is 3.96. The van der Waals surface area contributed by atoms with E-state index >= 15 is 0 Å². The lowest BCUT2D eigenvalue weighted by Crippen LogP contribution is -2.55. The van der Waals surface area contributed by atoms with Gasteiger partial charge in [-0.3, -0.25) is 4.79 Å². The Morgan fingerprint density at radius 1 is 1.29 bits per heavy atom. The van der Waals surface area contributed by atoms with E-state index in [1.54, 1.807) is 0 Å². The second-order valence-corrected chi connectivity index (χ2v) is 5.56. The van der Waals surface area contributed by atoms with Gasteiger partial charge in [-0.25, -0.2) is 0 Å². The van der Waals surface area contributed by atoms with E-state index in [2.05, 4.69) is 38.0 Å². The Kier molecular flexibility index (Phi) is 6.13. The molecule has 1 amide bonds. The molecule has 0 radical (unpaired) electrons. The van der Waals surface area contributed by atoms with Gasteiger partial charge in [-0.1, -0.05) is 13.8 Å². The lowest BCUT2D eigenvalue weighted by molar-refractivity contribution is -0.124. The van der Waals surface area contributed by atoms with Crippen LogP contribution < -0.4 is 11.1 Å². The molecule has 0 bridgehead atoms. The zero-order valence-electron chi connectivity index (χ0n) is 12.3. The van der Waals surface area contributed by atoms with Crippen molar-refractivity contribution in [1.82, 2.24) is 10.2 Å². The third-order valence-electron chi connectivity index (χ3n) is 3.96. The predicted octanol–water partition coefficient (Wildman–Crippen LogP) is 1.35. The fourth-order valence-corrected chi connectivity index (χ4v) is 1.65. The van der Waals surface area contributed by atoms with E-state index in [1.165, 1.54) is 0 Å². The van der Waals surface area contributed by atoms with Crippen molar-refractivity contribution in [3.63, 3.8) is 0 Å². The number of nitrogens with two attached hydrogens (primary N) is 1. The molecule has 4 heteroatoms. The van der Waals surface area contributed by atoms with E-state index in [9.17, 15) is 4.79 Å². The third kappa shape index (κ3) is 4.64. The molecule has 0 saturated carbocycles. The van der Waals surface area contributed by atoms with Crippen LogP contribution in [0, 0.1) is 0 Å². The maximum atomic E-state index is 11.5. The first kappa shape index (κ1) is 16.4. The molecule has 0 aromatic heterocycles. The van der Waals surface area contributed by atoms with Crippen molar-refractivity contribution in [2.75, 3.05) is 20.1 Å². The van der Waals surface area contributed by atoms with Gasteiger partial charge >= 0.3 is 0 Å². The van der Waals surface area contributed by atoms with Crippen molar-refractivity contribution in [3.8, 4) is 0 Å². The van der Waals surface area contributed by atoms with Crippen LogP contribution in [0.25, 0.3) is 0 Å². The summed E-state index contributed by atoms with van der Waals surface area (Å²) in [6.45, 7) is 12.1. The Morgan fingerprint density at radius 3 is 2.18 bits per heavy atom. The number of hydrogen-bond acceptors (Lipinski definition) is 3. The van der Waals surface area contributed by atoms with Crippen molar-refractivity contribution in [1.29, 1.82) is 0 Å².